The molecule has 0 saturated heterocycles. The van der Waals surface area contributed by atoms with Gasteiger partial charge >= 0.3 is 0 Å². The first kappa shape index (κ1) is 20.2. The average Bonchev–Trinajstić information content (AvgIpc) is 3.14. The monoisotopic (exact) mass is 399 g/mol. The molecule has 1 N–H and O–H groups in total. The van der Waals surface area contributed by atoms with E-state index in [2.05, 4.69) is 39.0 Å². The summed E-state index contributed by atoms with van der Waals surface area (Å²) in [7, 11) is 3.51. The number of nitrogens with one attached hydrogen (secondary N) is 1. The Morgan fingerprint density at radius 3 is 2.68 bits per heavy atom. The molecule has 7 nitrogen and oxygen atoms in total. The van der Waals surface area contributed by atoms with E-state index in [0.717, 1.165) is 47.5 Å². The summed E-state index contributed by atoms with van der Waals surface area (Å²) in [5.74, 6) is 2.42. The van der Waals surface area contributed by atoms with E-state index in [1.165, 1.54) is 5.56 Å². The van der Waals surface area contributed by atoms with E-state index >= 15 is 0 Å². The maximum atomic E-state index is 5.91. The van der Waals surface area contributed by atoms with Crippen LogP contribution in [0.4, 0.5) is 0 Å². The van der Waals surface area contributed by atoms with Gasteiger partial charge in [0, 0.05) is 32.3 Å². The van der Waals surface area contributed by atoms with Gasteiger partial charge in [-0.25, -0.2) is 4.68 Å². The lowest BCUT2D eigenvalue weighted by Gasteiger charge is -2.13. The highest BCUT2D eigenvalue weighted by Gasteiger charge is 2.07. The molecule has 0 fully saturated rings. The average molecular weight is 400 g/mol. The van der Waals surface area contributed by atoms with Crippen LogP contribution in [0.2, 0.25) is 0 Å². The summed E-state index contributed by atoms with van der Waals surface area (Å²) in [6.07, 6.45) is 0.867. The molecule has 148 valence electrons. The lowest BCUT2D eigenvalue weighted by Crippen LogP contribution is -2.16. The fourth-order valence-corrected chi connectivity index (χ4v) is 3.40. The van der Waals surface area contributed by atoms with Gasteiger partial charge in [0.2, 0.25) is 5.16 Å². The zero-order valence-electron chi connectivity index (χ0n) is 16.2. The summed E-state index contributed by atoms with van der Waals surface area (Å²) in [5, 5.41) is 15.6. The Balaban J connectivity index is 1.42. The van der Waals surface area contributed by atoms with Crippen LogP contribution in [0.25, 0.3) is 0 Å². The highest BCUT2D eigenvalue weighted by molar-refractivity contribution is 7.99. The molecule has 0 unspecified atom stereocenters. The number of methoxy groups -OCH3 is 1. The Hall–Kier alpha value is -2.58. The number of benzene rings is 2. The molecule has 0 aliphatic rings. The topological polar surface area (TPSA) is 74.1 Å². The largest absolute Gasteiger partial charge is 0.493 e. The van der Waals surface area contributed by atoms with Gasteiger partial charge in [-0.2, -0.15) is 0 Å². The third kappa shape index (κ3) is 5.97. The number of hydrogen-bond acceptors (Lipinski definition) is 7. The zero-order valence-corrected chi connectivity index (χ0v) is 17.0. The van der Waals surface area contributed by atoms with Crippen molar-refractivity contribution < 1.29 is 9.47 Å². The number of ether oxygens (including phenoxy) is 2. The van der Waals surface area contributed by atoms with Crippen LogP contribution in [0.15, 0.2) is 53.7 Å². The number of aryl methyl sites for hydroxylation is 1. The summed E-state index contributed by atoms with van der Waals surface area (Å²) >= 11 is 1.63. The Morgan fingerprint density at radius 1 is 1.07 bits per heavy atom. The minimum absolute atomic E-state index is 0.617. The molecule has 0 spiro atoms. The van der Waals surface area contributed by atoms with E-state index in [1.54, 1.807) is 23.6 Å². The van der Waals surface area contributed by atoms with Crippen LogP contribution in [-0.2, 0) is 20.0 Å². The number of nitrogens with zero attached hydrogens (tertiary/aromatic N) is 4. The van der Waals surface area contributed by atoms with Crippen molar-refractivity contribution in [1.29, 1.82) is 0 Å². The van der Waals surface area contributed by atoms with Crippen LogP contribution in [0.3, 0.4) is 0 Å². The van der Waals surface area contributed by atoms with Crippen molar-refractivity contribution >= 4 is 11.8 Å². The molecular weight excluding hydrogens is 374 g/mol. The van der Waals surface area contributed by atoms with Gasteiger partial charge in [-0.3, -0.25) is 0 Å². The van der Waals surface area contributed by atoms with E-state index in [1.807, 2.05) is 37.4 Å². The van der Waals surface area contributed by atoms with Crippen LogP contribution >= 0.6 is 11.8 Å². The third-order valence-electron chi connectivity index (χ3n) is 4.14. The van der Waals surface area contributed by atoms with Gasteiger partial charge in [0.15, 0.2) is 11.5 Å². The van der Waals surface area contributed by atoms with Crippen LogP contribution in [0.5, 0.6) is 11.5 Å². The van der Waals surface area contributed by atoms with Gasteiger partial charge in [-0.15, -0.1) is 5.10 Å². The number of thioether (sulfide) groups is 1. The number of aromatic nitrogens is 4. The summed E-state index contributed by atoms with van der Waals surface area (Å²) in [6.45, 7) is 2.24. The van der Waals surface area contributed by atoms with Gasteiger partial charge in [0.05, 0.1) is 13.7 Å². The maximum Gasteiger partial charge on any atom is 0.209 e. The molecule has 3 aromatic rings. The first-order valence-corrected chi connectivity index (χ1v) is 10.1. The molecule has 28 heavy (non-hydrogen) atoms. The summed E-state index contributed by atoms with van der Waals surface area (Å²) in [5.41, 5.74) is 2.41. The highest BCUT2D eigenvalue weighted by atomic mass is 32.2. The van der Waals surface area contributed by atoms with Crippen molar-refractivity contribution in [3.05, 3.63) is 59.7 Å². The molecule has 1 heterocycles. The molecule has 8 heteroatoms. The van der Waals surface area contributed by atoms with Crippen molar-refractivity contribution in [1.82, 2.24) is 25.5 Å². The molecule has 0 bridgehead atoms. The van der Waals surface area contributed by atoms with Crippen molar-refractivity contribution in [3.63, 3.8) is 0 Å². The molecule has 1 aromatic heterocycles. The predicted octanol–water partition coefficient (Wildman–Crippen LogP) is 2.72. The molecule has 0 atom stereocenters. The first-order chi connectivity index (χ1) is 13.8. The van der Waals surface area contributed by atoms with Crippen molar-refractivity contribution in [2.45, 2.75) is 18.1 Å². The second-order valence-electron chi connectivity index (χ2n) is 6.18. The van der Waals surface area contributed by atoms with E-state index in [9.17, 15) is 0 Å². The Bertz CT molecular complexity index is 857. The molecule has 0 radical (unpaired) electrons. The smallest absolute Gasteiger partial charge is 0.209 e. The number of tetrazole rings is 1. The highest BCUT2D eigenvalue weighted by Crippen LogP contribution is 2.28. The minimum Gasteiger partial charge on any atom is -0.493 e. The Morgan fingerprint density at radius 2 is 1.93 bits per heavy atom. The zero-order chi connectivity index (χ0) is 19.6. The third-order valence-corrected chi connectivity index (χ3v) is 5.15. The molecular formula is C20H25N5O2S. The summed E-state index contributed by atoms with van der Waals surface area (Å²) in [4.78, 5) is 0. The van der Waals surface area contributed by atoms with Crippen LogP contribution in [0, 0.1) is 0 Å². The van der Waals surface area contributed by atoms with Crippen molar-refractivity contribution in [3.8, 4) is 11.5 Å². The predicted molar refractivity (Wildman–Crippen MR) is 110 cm³/mol. The van der Waals surface area contributed by atoms with Gasteiger partial charge in [0.25, 0.3) is 0 Å². The van der Waals surface area contributed by atoms with E-state index in [0.29, 0.717) is 6.61 Å². The Labute approximate surface area is 169 Å². The van der Waals surface area contributed by atoms with Crippen LogP contribution in [-0.4, -0.2) is 46.2 Å². The lowest BCUT2D eigenvalue weighted by atomic mass is 10.1. The van der Waals surface area contributed by atoms with Gasteiger partial charge in [0.1, 0.15) is 0 Å². The second kappa shape index (κ2) is 10.7. The van der Waals surface area contributed by atoms with Crippen molar-refractivity contribution in [2.24, 2.45) is 7.05 Å². The molecule has 2 aromatic carbocycles. The van der Waals surface area contributed by atoms with E-state index in [-0.39, 0.29) is 0 Å². The summed E-state index contributed by atoms with van der Waals surface area (Å²) in [6, 6.07) is 16.4. The fourth-order valence-electron chi connectivity index (χ4n) is 2.66. The number of rotatable bonds is 11. The molecule has 0 saturated carbocycles. The van der Waals surface area contributed by atoms with Crippen LogP contribution in [0.1, 0.15) is 11.1 Å². The molecule has 0 aliphatic heterocycles. The van der Waals surface area contributed by atoms with Gasteiger partial charge in [-0.1, -0.05) is 48.2 Å². The number of hydrogen-bond donors (Lipinski definition) is 1. The fraction of sp³-hybridized carbons (Fsp3) is 0.350. The van der Waals surface area contributed by atoms with E-state index in [4.69, 9.17) is 9.47 Å². The van der Waals surface area contributed by atoms with Crippen molar-refractivity contribution in [2.75, 3.05) is 26.0 Å². The Kier molecular flexibility index (Phi) is 7.69. The quantitative estimate of drug-likeness (QED) is 0.392. The summed E-state index contributed by atoms with van der Waals surface area (Å²) < 4.78 is 13.1. The van der Waals surface area contributed by atoms with Gasteiger partial charge < -0.3 is 14.8 Å². The lowest BCUT2D eigenvalue weighted by molar-refractivity contribution is 0.297. The normalized spacial score (nSPS) is 10.8. The first-order valence-electron chi connectivity index (χ1n) is 9.16. The second-order valence-corrected chi connectivity index (χ2v) is 7.24. The van der Waals surface area contributed by atoms with Gasteiger partial charge in [-0.05, 0) is 33.7 Å². The molecule has 0 amide bonds. The SMILES string of the molecule is COc1cc(CNCCSc2nnnn2C)ccc1OCCc1ccccc1. The molecule has 0 aliphatic carbocycles. The maximum absolute atomic E-state index is 5.91. The standard InChI is InChI=1S/C20H25N5O2S/c1-25-20(22-23-24-25)28-13-11-21-15-17-8-9-18(19(14-17)26-2)27-12-10-16-6-4-3-5-7-16/h3-9,14,21H,10-13,15H2,1-2H3. The van der Waals surface area contributed by atoms with E-state index < -0.39 is 0 Å². The minimum atomic E-state index is 0.617. The van der Waals surface area contributed by atoms with Crippen LogP contribution < -0.4 is 14.8 Å². The molecule has 3 rings (SSSR count).